The van der Waals surface area contributed by atoms with Gasteiger partial charge in [-0.2, -0.15) is 0 Å². The first-order valence-electron chi connectivity index (χ1n) is 12.6. The standard InChI is InChI=1S/C29H30N2O8S/c1-6-37-22-14-19(12-13-21(22)39-16-24(32)36-5)26-25(28(34)38-7-2)17(3)30-29-31(26)27(33)23(40-29)15-18-10-8-9-11-20(18)35-4/h8-15,26H,6-7,16H2,1-5H3/b23-15-/t26-/m1/s1. The maximum Gasteiger partial charge on any atom is 0.343 e. The van der Waals surface area contributed by atoms with Gasteiger partial charge in [-0.3, -0.25) is 9.36 Å². The summed E-state index contributed by atoms with van der Waals surface area (Å²) in [7, 11) is 2.84. The first kappa shape index (κ1) is 28.6. The van der Waals surface area contributed by atoms with Gasteiger partial charge in [-0.1, -0.05) is 35.6 Å². The zero-order valence-corrected chi connectivity index (χ0v) is 23.7. The number of esters is 2. The molecule has 0 aliphatic carbocycles. The minimum atomic E-state index is -0.844. The van der Waals surface area contributed by atoms with Crippen LogP contribution in [0.3, 0.4) is 0 Å². The van der Waals surface area contributed by atoms with Crippen molar-refractivity contribution in [1.82, 2.24) is 4.57 Å². The van der Waals surface area contributed by atoms with E-state index in [0.29, 0.717) is 44.4 Å². The second kappa shape index (κ2) is 12.6. The van der Waals surface area contributed by atoms with Gasteiger partial charge in [0.25, 0.3) is 5.56 Å². The third-order valence-electron chi connectivity index (χ3n) is 6.10. The van der Waals surface area contributed by atoms with Gasteiger partial charge in [-0.05, 0) is 50.6 Å². The second-order valence-electron chi connectivity index (χ2n) is 8.55. The van der Waals surface area contributed by atoms with E-state index in [4.69, 9.17) is 18.9 Å². The van der Waals surface area contributed by atoms with E-state index in [-0.39, 0.29) is 24.3 Å². The van der Waals surface area contributed by atoms with Gasteiger partial charge in [0, 0.05) is 5.56 Å². The number of para-hydroxylation sites is 1. The first-order chi connectivity index (χ1) is 19.3. The van der Waals surface area contributed by atoms with Crippen LogP contribution in [-0.4, -0.2) is 50.5 Å². The van der Waals surface area contributed by atoms with Crippen molar-refractivity contribution in [1.29, 1.82) is 0 Å². The van der Waals surface area contributed by atoms with Crippen LogP contribution in [0.25, 0.3) is 6.08 Å². The molecule has 0 fully saturated rings. The lowest BCUT2D eigenvalue weighted by molar-refractivity contribution is -0.143. The maximum atomic E-state index is 13.9. The summed E-state index contributed by atoms with van der Waals surface area (Å²) in [5, 5.41) is 0. The molecule has 2 aromatic carbocycles. The molecule has 0 saturated carbocycles. The van der Waals surface area contributed by atoms with Crippen LogP contribution in [-0.2, 0) is 19.1 Å². The molecule has 4 rings (SSSR count). The summed E-state index contributed by atoms with van der Waals surface area (Å²) in [5.74, 6) is 0.168. The summed E-state index contributed by atoms with van der Waals surface area (Å²) in [5.41, 5.74) is 1.68. The lowest BCUT2D eigenvalue weighted by atomic mass is 9.95. The van der Waals surface area contributed by atoms with Gasteiger partial charge in [0.1, 0.15) is 5.75 Å². The Labute approximate surface area is 234 Å². The van der Waals surface area contributed by atoms with Gasteiger partial charge in [0.05, 0.1) is 49.3 Å². The molecule has 10 nitrogen and oxygen atoms in total. The number of rotatable bonds is 10. The number of allylic oxidation sites excluding steroid dienone is 1. The van der Waals surface area contributed by atoms with E-state index >= 15 is 0 Å². The van der Waals surface area contributed by atoms with E-state index in [2.05, 4.69) is 9.73 Å². The molecular formula is C29H30N2O8S. The Balaban J connectivity index is 1.91. The third kappa shape index (κ3) is 5.79. The van der Waals surface area contributed by atoms with Crippen LogP contribution in [0.5, 0.6) is 17.2 Å². The highest BCUT2D eigenvalue weighted by Crippen LogP contribution is 2.36. The van der Waals surface area contributed by atoms with Crippen molar-refractivity contribution >= 4 is 29.4 Å². The van der Waals surface area contributed by atoms with Gasteiger partial charge in [-0.15, -0.1) is 0 Å². The van der Waals surface area contributed by atoms with Crippen molar-refractivity contribution in [3.05, 3.63) is 84.5 Å². The monoisotopic (exact) mass is 566 g/mol. The van der Waals surface area contributed by atoms with Crippen LogP contribution in [0, 0.1) is 0 Å². The molecule has 1 atom stereocenters. The lowest BCUT2D eigenvalue weighted by Crippen LogP contribution is -2.40. The molecule has 3 aromatic rings. The minimum absolute atomic E-state index is 0.158. The summed E-state index contributed by atoms with van der Waals surface area (Å²) in [6.45, 7) is 5.41. The molecule has 0 spiro atoms. The number of hydrogen-bond donors (Lipinski definition) is 0. The highest BCUT2D eigenvalue weighted by atomic mass is 32.1. The quantitative estimate of drug-likeness (QED) is 0.344. The predicted octanol–water partition coefficient (Wildman–Crippen LogP) is 2.76. The molecule has 1 aromatic heterocycles. The molecular weight excluding hydrogens is 536 g/mol. The molecule has 0 unspecified atom stereocenters. The molecule has 0 N–H and O–H groups in total. The van der Waals surface area contributed by atoms with Crippen molar-refractivity contribution < 1.29 is 33.3 Å². The van der Waals surface area contributed by atoms with Gasteiger partial charge in [0.15, 0.2) is 22.9 Å². The van der Waals surface area contributed by atoms with Crippen LogP contribution in [0.4, 0.5) is 0 Å². The number of carbonyl (C=O) groups excluding carboxylic acids is 2. The average molecular weight is 567 g/mol. The molecule has 1 aliphatic heterocycles. The van der Waals surface area contributed by atoms with Crippen molar-refractivity contribution in [3.8, 4) is 17.2 Å². The Morgan fingerprint density at radius 1 is 1.02 bits per heavy atom. The highest BCUT2D eigenvalue weighted by Gasteiger charge is 2.34. The number of fused-ring (bicyclic) bond motifs is 1. The first-order valence-corrected chi connectivity index (χ1v) is 13.4. The van der Waals surface area contributed by atoms with Crippen LogP contribution < -0.4 is 29.1 Å². The zero-order valence-electron chi connectivity index (χ0n) is 22.9. The molecule has 0 amide bonds. The summed E-state index contributed by atoms with van der Waals surface area (Å²) in [4.78, 5) is 43.8. The number of ether oxygens (including phenoxy) is 5. The van der Waals surface area contributed by atoms with Crippen molar-refractivity contribution in [2.45, 2.75) is 26.8 Å². The van der Waals surface area contributed by atoms with Gasteiger partial charge < -0.3 is 23.7 Å². The fraction of sp³-hybridized carbons (Fsp3) is 0.310. The van der Waals surface area contributed by atoms with E-state index < -0.39 is 18.0 Å². The lowest BCUT2D eigenvalue weighted by Gasteiger charge is -2.25. The summed E-state index contributed by atoms with van der Waals surface area (Å²) < 4.78 is 28.8. The van der Waals surface area contributed by atoms with Crippen LogP contribution in [0.15, 0.2) is 63.5 Å². The molecule has 0 radical (unpaired) electrons. The van der Waals surface area contributed by atoms with E-state index in [0.717, 1.165) is 5.56 Å². The van der Waals surface area contributed by atoms with E-state index in [1.165, 1.54) is 23.0 Å². The summed E-state index contributed by atoms with van der Waals surface area (Å²) >= 11 is 1.22. The molecule has 40 heavy (non-hydrogen) atoms. The van der Waals surface area contributed by atoms with E-state index in [9.17, 15) is 14.4 Å². The largest absolute Gasteiger partial charge is 0.496 e. The Hall–Kier alpha value is -4.38. The summed E-state index contributed by atoms with van der Waals surface area (Å²) in [6, 6.07) is 11.6. The van der Waals surface area contributed by atoms with E-state index in [1.54, 1.807) is 45.2 Å². The van der Waals surface area contributed by atoms with Crippen molar-refractivity contribution in [2.24, 2.45) is 4.99 Å². The Bertz CT molecular complexity index is 1640. The fourth-order valence-electron chi connectivity index (χ4n) is 4.31. The van der Waals surface area contributed by atoms with Gasteiger partial charge in [-0.25, -0.2) is 14.6 Å². The predicted molar refractivity (Wildman–Crippen MR) is 149 cm³/mol. The maximum absolute atomic E-state index is 13.9. The van der Waals surface area contributed by atoms with Crippen molar-refractivity contribution in [3.63, 3.8) is 0 Å². The summed E-state index contributed by atoms with van der Waals surface area (Å²) in [6.07, 6.45) is 1.75. The normalized spacial score (nSPS) is 14.7. The Morgan fingerprint density at radius 3 is 2.50 bits per heavy atom. The SMILES string of the molecule is CCOC(=O)C1=C(C)N=c2s/c(=C\c3ccccc3OC)c(=O)n2[C@@H]1c1ccc(OCC(=O)OC)c(OCC)c1. The third-order valence-corrected chi connectivity index (χ3v) is 7.08. The Morgan fingerprint density at radius 2 is 1.80 bits per heavy atom. The molecule has 0 saturated heterocycles. The number of carbonyl (C=O) groups is 2. The van der Waals surface area contributed by atoms with E-state index in [1.807, 2.05) is 31.2 Å². The molecule has 210 valence electrons. The van der Waals surface area contributed by atoms with Gasteiger partial charge >= 0.3 is 11.9 Å². The highest BCUT2D eigenvalue weighted by molar-refractivity contribution is 7.07. The number of aromatic nitrogens is 1. The van der Waals surface area contributed by atoms with Crippen LogP contribution in [0.1, 0.15) is 37.9 Å². The second-order valence-corrected chi connectivity index (χ2v) is 9.56. The van der Waals surface area contributed by atoms with Crippen molar-refractivity contribution in [2.75, 3.05) is 34.0 Å². The smallest absolute Gasteiger partial charge is 0.343 e. The van der Waals surface area contributed by atoms with Gasteiger partial charge in [0.2, 0.25) is 0 Å². The molecule has 2 heterocycles. The number of benzene rings is 2. The number of thiazole rings is 1. The number of nitrogens with zero attached hydrogens (tertiary/aromatic N) is 2. The molecule has 11 heteroatoms. The average Bonchev–Trinajstić information content (AvgIpc) is 3.25. The minimum Gasteiger partial charge on any atom is -0.496 e. The van der Waals surface area contributed by atoms with Crippen LogP contribution >= 0.6 is 11.3 Å². The Kier molecular flexibility index (Phi) is 9.05. The molecule has 0 bridgehead atoms. The number of hydrogen-bond acceptors (Lipinski definition) is 10. The zero-order chi connectivity index (χ0) is 28.8. The number of methoxy groups -OCH3 is 2. The topological polar surface area (TPSA) is 115 Å². The molecule has 1 aliphatic rings. The fourth-order valence-corrected chi connectivity index (χ4v) is 5.35. The van der Waals surface area contributed by atoms with Crippen LogP contribution in [0.2, 0.25) is 0 Å².